The molecular weight excluding hydrogens is 284 g/mol. The van der Waals surface area contributed by atoms with Crippen LogP contribution < -0.4 is 15.4 Å². The highest BCUT2D eigenvalue weighted by atomic mass is 16.5. The Bertz CT molecular complexity index is 527. The predicted molar refractivity (Wildman–Crippen MR) is 81.7 cm³/mol. The molecule has 0 aromatic heterocycles. The van der Waals surface area contributed by atoms with Gasteiger partial charge in [-0.25, -0.2) is 0 Å². The number of carbonyl (C=O) groups excluding carboxylic acids is 2. The van der Waals surface area contributed by atoms with Gasteiger partial charge in [0.05, 0.1) is 13.7 Å². The Morgan fingerprint density at radius 3 is 2.73 bits per heavy atom. The highest BCUT2D eigenvalue weighted by Crippen LogP contribution is 2.17. The third-order valence-corrected chi connectivity index (χ3v) is 3.84. The Kier molecular flexibility index (Phi) is 5.77. The van der Waals surface area contributed by atoms with Gasteiger partial charge in [0.1, 0.15) is 11.8 Å². The molecule has 0 spiro atoms. The minimum absolute atomic E-state index is 0.148. The molecule has 2 amide bonds. The number of hydrogen-bond acceptors (Lipinski definition) is 4. The predicted octanol–water partition coefficient (Wildman–Crippen LogP) is 0.845. The van der Waals surface area contributed by atoms with Crippen molar-refractivity contribution in [1.29, 1.82) is 0 Å². The summed E-state index contributed by atoms with van der Waals surface area (Å²) in [6.45, 7) is -0.436. The third kappa shape index (κ3) is 4.21. The molecule has 6 heteroatoms. The molecule has 1 aliphatic rings. The van der Waals surface area contributed by atoms with Gasteiger partial charge in [-0.1, -0.05) is 18.9 Å². The van der Waals surface area contributed by atoms with E-state index in [1.54, 1.807) is 24.3 Å². The molecule has 1 aliphatic carbocycles. The fourth-order valence-corrected chi connectivity index (χ4v) is 2.57. The molecule has 0 aliphatic heterocycles. The number of aliphatic hydroxyl groups excluding tert-OH is 1. The van der Waals surface area contributed by atoms with Crippen molar-refractivity contribution in [3.8, 4) is 5.75 Å². The second-order valence-corrected chi connectivity index (χ2v) is 5.43. The first-order chi connectivity index (χ1) is 10.6. The summed E-state index contributed by atoms with van der Waals surface area (Å²) >= 11 is 0. The summed E-state index contributed by atoms with van der Waals surface area (Å²) in [5.41, 5.74) is 0.381. The van der Waals surface area contributed by atoms with Gasteiger partial charge in [-0.05, 0) is 31.0 Å². The highest BCUT2D eigenvalue weighted by molar-refractivity contribution is 5.97. The lowest BCUT2D eigenvalue weighted by molar-refractivity contribution is -0.124. The van der Waals surface area contributed by atoms with Crippen LogP contribution in [0, 0.1) is 0 Å². The summed E-state index contributed by atoms with van der Waals surface area (Å²) in [5.74, 6) is -0.200. The lowest BCUT2D eigenvalue weighted by Crippen LogP contribution is -2.51. The summed E-state index contributed by atoms with van der Waals surface area (Å²) in [4.78, 5) is 24.3. The van der Waals surface area contributed by atoms with Gasteiger partial charge in [0.15, 0.2) is 0 Å². The molecule has 0 bridgehead atoms. The van der Waals surface area contributed by atoms with E-state index in [0.717, 1.165) is 25.7 Å². The number of aliphatic hydroxyl groups is 1. The largest absolute Gasteiger partial charge is 0.497 e. The third-order valence-electron chi connectivity index (χ3n) is 3.84. The molecule has 22 heavy (non-hydrogen) atoms. The van der Waals surface area contributed by atoms with Gasteiger partial charge < -0.3 is 20.5 Å². The van der Waals surface area contributed by atoms with E-state index in [0.29, 0.717) is 11.3 Å². The summed E-state index contributed by atoms with van der Waals surface area (Å²) in [6.07, 6.45) is 4.11. The fraction of sp³-hybridized carbons (Fsp3) is 0.500. The Morgan fingerprint density at radius 1 is 1.36 bits per heavy atom. The lowest BCUT2D eigenvalue weighted by Gasteiger charge is -2.19. The van der Waals surface area contributed by atoms with Crippen LogP contribution in [0.2, 0.25) is 0 Å². The van der Waals surface area contributed by atoms with Crippen molar-refractivity contribution in [2.24, 2.45) is 0 Å². The molecule has 1 saturated carbocycles. The minimum atomic E-state index is -0.945. The molecule has 1 atom stereocenters. The number of nitrogens with one attached hydrogen (secondary N) is 2. The van der Waals surface area contributed by atoms with E-state index in [4.69, 9.17) is 4.74 Å². The zero-order chi connectivity index (χ0) is 15.9. The second kappa shape index (κ2) is 7.79. The molecule has 120 valence electrons. The topological polar surface area (TPSA) is 87.7 Å². The minimum Gasteiger partial charge on any atom is -0.497 e. The van der Waals surface area contributed by atoms with E-state index in [1.807, 2.05) is 0 Å². The van der Waals surface area contributed by atoms with Crippen LogP contribution in [0.15, 0.2) is 24.3 Å². The van der Waals surface area contributed by atoms with Crippen molar-refractivity contribution >= 4 is 11.8 Å². The van der Waals surface area contributed by atoms with Crippen LogP contribution >= 0.6 is 0 Å². The van der Waals surface area contributed by atoms with Crippen molar-refractivity contribution in [3.05, 3.63) is 29.8 Å². The monoisotopic (exact) mass is 306 g/mol. The summed E-state index contributed by atoms with van der Waals surface area (Å²) < 4.78 is 5.06. The van der Waals surface area contributed by atoms with E-state index < -0.39 is 18.6 Å². The molecule has 3 N–H and O–H groups in total. The van der Waals surface area contributed by atoms with E-state index in [1.165, 1.54) is 7.11 Å². The van der Waals surface area contributed by atoms with Crippen molar-refractivity contribution in [2.75, 3.05) is 13.7 Å². The van der Waals surface area contributed by atoms with E-state index >= 15 is 0 Å². The summed E-state index contributed by atoms with van der Waals surface area (Å²) in [6, 6.07) is 5.84. The number of carbonyl (C=O) groups is 2. The standard InChI is InChI=1S/C16H22N2O4/c1-22-13-8-4-5-11(9-13)15(20)18-14(10-19)16(21)17-12-6-2-3-7-12/h4-5,8-9,12,14,19H,2-3,6-7,10H2,1H3,(H,17,21)(H,18,20). The van der Waals surface area contributed by atoms with Crippen LogP contribution in [0.25, 0.3) is 0 Å². The highest BCUT2D eigenvalue weighted by Gasteiger charge is 2.24. The lowest BCUT2D eigenvalue weighted by atomic mass is 10.1. The summed E-state index contributed by atoms with van der Waals surface area (Å²) in [7, 11) is 1.52. The van der Waals surface area contributed by atoms with Gasteiger partial charge >= 0.3 is 0 Å². The maximum atomic E-state index is 12.2. The van der Waals surface area contributed by atoms with Gasteiger partial charge in [0.2, 0.25) is 5.91 Å². The molecular formula is C16H22N2O4. The first-order valence-electron chi connectivity index (χ1n) is 7.50. The van der Waals surface area contributed by atoms with Gasteiger partial charge in [-0.3, -0.25) is 9.59 Å². The van der Waals surface area contributed by atoms with Gasteiger partial charge in [0, 0.05) is 11.6 Å². The number of hydrogen-bond donors (Lipinski definition) is 3. The van der Waals surface area contributed by atoms with Crippen molar-refractivity contribution in [1.82, 2.24) is 10.6 Å². The van der Waals surface area contributed by atoms with E-state index in [-0.39, 0.29) is 11.9 Å². The molecule has 1 fully saturated rings. The van der Waals surface area contributed by atoms with E-state index in [9.17, 15) is 14.7 Å². The molecule has 1 aromatic rings. The number of amides is 2. The van der Waals surface area contributed by atoms with Gasteiger partial charge in [-0.15, -0.1) is 0 Å². The molecule has 0 saturated heterocycles. The van der Waals surface area contributed by atoms with Crippen LogP contribution in [0.3, 0.4) is 0 Å². The normalized spacial score (nSPS) is 16.1. The number of ether oxygens (including phenoxy) is 1. The maximum absolute atomic E-state index is 12.2. The maximum Gasteiger partial charge on any atom is 0.252 e. The fourth-order valence-electron chi connectivity index (χ4n) is 2.57. The molecule has 0 heterocycles. The van der Waals surface area contributed by atoms with Crippen LogP contribution in [-0.4, -0.2) is 42.7 Å². The summed E-state index contributed by atoms with van der Waals surface area (Å²) in [5, 5.41) is 14.8. The van der Waals surface area contributed by atoms with Gasteiger partial charge in [-0.2, -0.15) is 0 Å². The molecule has 1 unspecified atom stereocenters. The molecule has 6 nitrogen and oxygen atoms in total. The van der Waals surface area contributed by atoms with Crippen molar-refractivity contribution < 1.29 is 19.4 Å². The molecule has 0 radical (unpaired) electrons. The number of methoxy groups -OCH3 is 1. The van der Waals surface area contributed by atoms with Crippen LogP contribution in [0.1, 0.15) is 36.0 Å². The van der Waals surface area contributed by atoms with Crippen molar-refractivity contribution in [2.45, 2.75) is 37.8 Å². The first-order valence-corrected chi connectivity index (χ1v) is 7.50. The van der Waals surface area contributed by atoms with Crippen LogP contribution in [-0.2, 0) is 4.79 Å². The Balaban J connectivity index is 1.95. The number of benzene rings is 1. The SMILES string of the molecule is COc1cccc(C(=O)NC(CO)C(=O)NC2CCCC2)c1. The molecule has 1 aromatic carbocycles. The average Bonchev–Trinajstić information content (AvgIpc) is 3.05. The Morgan fingerprint density at radius 2 is 2.09 bits per heavy atom. The zero-order valence-corrected chi connectivity index (χ0v) is 12.7. The van der Waals surface area contributed by atoms with Gasteiger partial charge in [0.25, 0.3) is 5.91 Å². The smallest absolute Gasteiger partial charge is 0.252 e. The zero-order valence-electron chi connectivity index (χ0n) is 12.7. The molecule has 2 rings (SSSR count). The van der Waals surface area contributed by atoms with E-state index in [2.05, 4.69) is 10.6 Å². The number of rotatable bonds is 6. The average molecular weight is 306 g/mol. The first kappa shape index (κ1) is 16.3. The Labute approximate surface area is 129 Å². The second-order valence-electron chi connectivity index (χ2n) is 5.43. The Hall–Kier alpha value is -2.08. The quantitative estimate of drug-likeness (QED) is 0.727. The van der Waals surface area contributed by atoms with Crippen LogP contribution in [0.4, 0.5) is 0 Å². The van der Waals surface area contributed by atoms with Crippen molar-refractivity contribution in [3.63, 3.8) is 0 Å². The van der Waals surface area contributed by atoms with Crippen LogP contribution in [0.5, 0.6) is 5.75 Å².